The highest BCUT2D eigenvalue weighted by atomic mass is 16.6. The van der Waals surface area contributed by atoms with Crippen molar-refractivity contribution in [3.63, 3.8) is 0 Å². The average molecular weight is 288 g/mol. The topological polar surface area (TPSA) is 136 Å². The van der Waals surface area contributed by atoms with E-state index in [4.69, 9.17) is 5.84 Å². The van der Waals surface area contributed by atoms with Gasteiger partial charge in [-0.15, -0.1) is 0 Å². The van der Waals surface area contributed by atoms with Crippen LogP contribution in [-0.2, 0) is 6.54 Å². The van der Waals surface area contributed by atoms with Gasteiger partial charge in [-0.1, -0.05) is 6.07 Å². The minimum Gasteiger partial charge on any atom is -0.346 e. The molecule has 1 heterocycles. The lowest BCUT2D eigenvalue weighted by molar-refractivity contribution is -0.384. The van der Waals surface area contributed by atoms with E-state index in [1.807, 2.05) is 0 Å². The minimum atomic E-state index is -0.616. The lowest BCUT2D eigenvalue weighted by Crippen LogP contribution is -2.25. The van der Waals surface area contributed by atoms with Crippen molar-refractivity contribution in [1.29, 1.82) is 0 Å². The van der Waals surface area contributed by atoms with Crippen molar-refractivity contribution >= 4 is 17.3 Å². The number of hydrogen-bond donors (Lipinski definition) is 3. The Morgan fingerprint density at radius 1 is 1.33 bits per heavy atom. The van der Waals surface area contributed by atoms with Crippen LogP contribution in [0.1, 0.15) is 16.1 Å². The maximum Gasteiger partial charge on any atom is 0.294 e. The zero-order chi connectivity index (χ0) is 15.2. The van der Waals surface area contributed by atoms with E-state index in [0.29, 0.717) is 5.69 Å². The highest BCUT2D eigenvalue weighted by Crippen LogP contribution is 2.27. The standard InChI is InChI=1S/C12H12N6O3/c13-16-11-9(4-1-5-10(11)18(20)21)12(19)14-7-8-3-2-6-15-17-8/h1-6,16H,7,13H2,(H,14,19). The van der Waals surface area contributed by atoms with Crippen molar-refractivity contribution in [2.75, 3.05) is 5.43 Å². The third kappa shape index (κ3) is 3.28. The van der Waals surface area contributed by atoms with Gasteiger partial charge in [-0.2, -0.15) is 10.2 Å². The van der Waals surface area contributed by atoms with E-state index < -0.39 is 10.8 Å². The van der Waals surface area contributed by atoms with Crippen molar-refractivity contribution in [2.45, 2.75) is 6.54 Å². The maximum atomic E-state index is 12.1. The summed E-state index contributed by atoms with van der Waals surface area (Å²) in [4.78, 5) is 22.4. The lowest BCUT2D eigenvalue weighted by atomic mass is 10.1. The van der Waals surface area contributed by atoms with Gasteiger partial charge in [0, 0.05) is 12.3 Å². The van der Waals surface area contributed by atoms with Gasteiger partial charge in [-0.3, -0.25) is 20.8 Å². The number of anilines is 1. The SMILES string of the molecule is NNc1c(C(=O)NCc2cccnn2)cccc1[N+](=O)[O-]. The summed E-state index contributed by atoms with van der Waals surface area (Å²) in [6.07, 6.45) is 1.52. The molecule has 0 aliphatic carbocycles. The molecule has 1 amide bonds. The number of rotatable bonds is 5. The molecule has 2 aromatic rings. The smallest absolute Gasteiger partial charge is 0.294 e. The number of aromatic nitrogens is 2. The van der Waals surface area contributed by atoms with Crippen LogP contribution < -0.4 is 16.6 Å². The quantitative estimate of drug-likeness (QED) is 0.416. The summed E-state index contributed by atoms with van der Waals surface area (Å²) in [6, 6.07) is 7.50. The monoisotopic (exact) mass is 288 g/mol. The van der Waals surface area contributed by atoms with Gasteiger partial charge in [0.15, 0.2) is 0 Å². The van der Waals surface area contributed by atoms with Gasteiger partial charge in [0.05, 0.1) is 22.7 Å². The van der Waals surface area contributed by atoms with E-state index in [1.165, 1.54) is 24.4 Å². The van der Waals surface area contributed by atoms with Crippen molar-refractivity contribution in [3.05, 3.63) is 57.9 Å². The summed E-state index contributed by atoms with van der Waals surface area (Å²) in [7, 11) is 0. The summed E-state index contributed by atoms with van der Waals surface area (Å²) in [5.74, 6) is 4.78. The first-order valence-corrected chi connectivity index (χ1v) is 5.92. The number of hydrogen-bond acceptors (Lipinski definition) is 7. The second kappa shape index (κ2) is 6.39. The van der Waals surface area contributed by atoms with E-state index in [0.717, 1.165) is 0 Å². The van der Waals surface area contributed by atoms with Crippen LogP contribution in [-0.4, -0.2) is 21.0 Å². The summed E-state index contributed by atoms with van der Waals surface area (Å²) in [5, 5.41) is 21.0. The molecule has 0 aliphatic rings. The molecule has 0 spiro atoms. The number of nitrogen functional groups attached to an aromatic ring is 1. The van der Waals surface area contributed by atoms with Crippen LogP contribution >= 0.6 is 0 Å². The van der Waals surface area contributed by atoms with Gasteiger partial charge in [0.1, 0.15) is 5.69 Å². The second-order valence-corrected chi connectivity index (χ2v) is 4.00. The molecule has 1 aromatic carbocycles. The molecule has 0 atom stereocenters. The molecule has 2 rings (SSSR count). The first-order chi connectivity index (χ1) is 10.1. The second-order valence-electron chi connectivity index (χ2n) is 4.00. The number of amides is 1. The predicted molar refractivity (Wildman–Crippen MR) is 74.1 cm³/mol. The molecular weight excluding hydrogens is 276 g/mol. The third-order valence-corrected chi connectivity index (χ3v) is 2.69. The van der Waals surface area contributed by atoms with Gasteiger partial charge in [0.25, 0.3) is 11.6 Å². The molecule has 0 saturated carbocycles. The van der Waals surface area contributed by atoms with Crippen LogP contribution in [0.2, 0.25) is 0 Å². The normalized spacial score (nSPS) is 9.95. The number of nitro benzene ring substituents is 1. The molecular formula is C12H12N6O3. The molecule has 0 bridgehead atoms. The zero-order valence-corrected chi connectivity index (χ0v) is 10.8. The van der Waals surface area contributed by atoms with Crippen LogP contribution in [0, 0.1) is 10.1 Å². The number of nitro groups is 1. The van der Waals surface area contributed by atoms with E-state index in [1.54, 1.807) is 12.1 Å². The van der Waals surface area contributed by atoms with Gasteiger partial charge >= 0.3 is 0 Å². The Hall–Kier alpha value is -3.07. The number of hydrazine groups is 1. The summed E-state index contributed by atoms with van der Waals surface area (Å²) in [6.45, 7) is 0.152. The zero-order valence-electron chi connectivity index (χ0n) is 10.8. The average Bonchev–Trinajstić information content (AvgIpc) is 2.52. The number of nitrogens with zero attached hydrogens (tertiary/aromatic N) is 3. The molecule has 1 aromatic heterocycles. The van der Waals surface area contributed by atoms with Gasteiger partial charge in [-0.25, -0.2) is 0 Å². The summed E-state index contributed by atoms with van der Waals surface area (Å²) < 4.78 is 0. The molecule has 9 nitrogen and oxygen atoms in total. The fraction of sp³-hybridized carbons (Fsp3) is 0.0833. The molecule has 4 N–H and O–H groups in total. The summed E-state index contributed by atoms with van der Waals surface area (Å²) in [5.41, 5.74) is 2.53. The van der Waals surface area contributed by atoms with Crippen molar-refractivity contribution in [3.8, 4) is 0 Å². The number of nitrogens with one attached hydrogen (secondary N) is 2. The fourth-order valence-corrected chi connectivity index (χ4v) is 1.73. The summed E-state index contributed by atoms with van der Waals surface area (Å²) >= 11 is 0. The van der Waals surface area contributed by atoms with Crippen LogP contribution in [0.15, 0.2) is 36.5 Å². The molecule has 0 radical (unpaired) electrons. The Labute approximate surface area is 119 Å². The lowest BCUT2D eigenvalue weighted by Gasteiger charge is -2.09. The minimum absolute atomic E-state index is 0.0425. The predicted octanol–water partition coefficient (Wildman–Crippen LogP) is 0.600. The Bertz CT molecular complexity index is 661. The molecule has 0 saturated heterocycles. The first kappa shape index (κ1) is 14.3. The third-order valence-electron chi connectivity index (χ3n) is 2.69. The number of benzene rings is 1. The van der Waals surface area contributed by atoms with Crippen molar-refractivity contribution in [1.82, 2.24) is 15.5 Å². The number of para-hydroxylation sites is 1. The highest BCUT2D eigenvalue weighted by molar-refractivity contribution is 6.01. The van der Waals surface area contributed by atoms with Crippen LogP contribution in [0.3, 0.4) is 0 Å². The Morgan fingerprint density at radius 2 is 2.14 bits per heavy atom. The number of carbonyl (C=O) groups excluding carboxylic acids is 1. The van der Waals surface area contributed by atoms with Crippen LogP contribution in [0.5, 0.6) is 0 Å². The molecule has 21 heavy (non-hydrogen) atoms. The molecule has 0 aliphatic heterocycles. The number of nitrogens with two attached hydrogens (primary N) is 1. The number of carbonyl (C=O) groups is 1. The van der Waals surface area contributed by atoms with Gasteiger partial charge in [0.2, 0.25) is 0 Å². The van der Waals surface area contributed by atoms with E-state index >= 15 is 0 Å². The maximum absolute atomic E-state index is 12.1. The van der Waals surface area contributed by atoms with E-state index in [9.17, 15) is 14.9 Å². The van der Waals surface area contributed by atoms with Crippen molar-refractivity contribution < 1.29 is 9.72 Å². The fourth-order valence-electron chi connectivity index (χ4n) is 1.73. The Balaban J connectivity index is 2.19. The highest BCUT2D eigenvalue weighted by Gasteiger charge is 2.20. The van der Waals surface area contributed by atoms with Crippen molar-refractivity contribution in [2.24, 2.45) is 5.84 Å². The van der Waals surface area contributed by atoms with Gasteiger partial charge < -0.3 is 10.7 Å². The van der Waals surface area contributed by atoms with Crippen LogP contribution in [0.4, 0.5) is 11.4 Å². The molecule has 108 valence electrons. The van der Waals surface area contributed by atoms with E-state index in [2.05, 4.69) is 20.9 Å². The Kier molecular flexibility index (Phi) is 4.36. The largest absolute Gasteiger partial charge is 0.346 e. The first-order valence-electron chi connectivity index (χ1n) is 5.92. The Morgan fingerprint density at radius 3 is 2.76 bits per heavy atom. The molecule has 9 heteroatoms. The van der Waals surface area contributed by atoms with Gasteiger partial charge in [-0.05, 0) is 18.2 Å². The van der Waals surface area contributed by atoms with Crippen LogP contribution in [0.25, 0.3) is 0 Å². The van der Waals surface area contributed by atoms with E-state index in [-0.39, 0.29) is 23.5 Å². The molecule has 0 fully saturated rings. The molecule has 0 unspecified atom stereocenters.